The molecule has 5 heteroatoms. The molecule has 1 aromatic rings. The van der Waals surface area contributed by atoms with Crippen LogP contribution in [0.4, 0.5) is 0 Å². The number of hydrogen-bond donors (Lipinski definition) is 2. The average Bonchev–Trinajstić information content (AvgIpc) is 2.58. The predicted octanol–water partition coefficient (Wildman–Crippen LogP) is 2.37. The number of carbonyl (C=O) groups excluding carboxylic acids is 2. The van der Waals surface area contributed by atoms with Crippen molar-refractivity contribution in [2.75, 3.05) is 19.7 Å². The summed E-state index contributed by atoms with van der Waals surface area (Å²) in [4.78, 5) is 23.9. The van der Waals surface area contributed by atoms with Crippen molar-refractivity contribution in [3.8, 4) is 0 Å². The Balaban J connectivity index is 1.77. The highest BCUT2D eigenvalue weighted by Crippen LogP contribution is 2.33. The van der Waals surface area contributed by atoms with E-state index in [0.29, 0.717) is 18.0 Å². The van der Waals surface area contributed by atoms with Gasteiger partial charge in [-0.3, -0.25) is 9.59 Å². The number of carbonyl (C=O) groups is 2. The first-order valence-electron chi connectivity index (χ1n) is 8.59. The fourth-order valence-corrected chi connectivity index (χ4v) is 3.17. The molecular weight excluding hydrogens is 304 g/mol. The van der Waals surface area contributed by atoms with Gasteiger partial charge in [-0.2, -0.15) is 0 Å². The number of rotatable bonds is 5. The number of nitrogens with one attached hydrogen (secondary N) is 2. The van der Waals surface area contributed by atoms with Crippen LogP contribution in [0, 0.1) is 11.3 Å². The summed E-state index contributed by atoms with van der Waals surface area (Å²) in [6.45, 7) is 7.86. The molecule has 0 aliphatic carbocycles. The standard InChI is InChI=1S/C19H28N2O3/c1-19(2,3)17-15(10-7-11-24-17)12-20-16(22)13-21-18(23)14-8-5-4-6-9-14/h4-6,8-9,15,17H,7,10-13H2,1-3H3,(H,20,22)(H,21,23)/t15-,17+/m1/s1. The van der Waals surface area contributed by atoms with Crippen molar-refractivity contribution in [3.05, 3.63) is 35.9 Å². The fraction of sp³-hybridized carbons (Fsp3) is 0.579. The molecule has 2 amide bonds. The van der Waals surface area contributed by atoms with Crippen molar-refractivity contribution in [1.82, 2.24) is 10.6 Å². The normalized spacial score (nSPS) is 21.1. The molecule has 5 nitrogen and oxygen atoms in total. The molecule has 2 atom stereocenters. The number of amides is 2. The van der Waals surface area contributed by atoms with Gasteiger partial charge in [-0.15, -0.1) is 0 Å². The molecule has 1 aromatic carbocycles. The Kier molecular flexibility index (Phi) is 6.37. The van der Waals surface area contributed by atoms with E-state index in [0.717, 1.165) is 19.4 Å². The predicted molar refractivity (Wildman–Crippen MR) is 93.7 cm³/mol. The second-order valence-electron chi connectivity index (χ2n) is 7.41. The van der Waals surface area contributed by atoms with Crippen molar-refractivity contribution in [2.24, 2.45) is 11.3 Å². The summed E-state index contributed by atoms with van der Waals surface area (Å²) in [6, 6.07) is 8.89. The smallest absolute Gasteiger partial charge is 0.251 e. The van der Waals surface area contributed by atoms with Gasteiger partial charge < -0.3 is 15.4 Å². The van der Waals surface area contributed by atoms with E-state index in [4.69, 9.17) is 4.74 Å². The van der Waals surface area contributed by atoms with Gasteiger partial charge >= 0.3 is 0 Å². The largest absolute Gasteiger partial charge is 0.377 e. The van der Waals surface area contributed by atoms with Gasteiger partial charge in [-0.1, -0.05) is 39.0 Å². The second kappa shape index (κ2) is 8.29. The molecule has 2 rings (SSSR count). The van der Waals surface area contributed by atoms with Crippen LogP contribution >= 0.6 is 0 Å². The Morgan fingerprint density at radius 1 is 1.17 bits per heavy atom. The minimum atomic E-state index is -0.237. The van der Waals surface area contributed by atoms with Crippen molar-refractivity contribution in [3.63, 3.8) is 0 Å². The summed E-state index contributed by atoms with van der Waals surface area (Å²) in [5.41, 5.74) is 0.607. The van der Waals surface area contributed by atoms with Gasteiger partial charge in [0, 0.05) is 24.6 Å². The minimum Gasteiger partial charge on any atom is -0.377 e. The lowest BCUT2D eigenvalue weighted by Gasteiger charge is -2.40. The maximum absolute atomic E-state index is 12.0. The summed E-state index contributed by atoms with van der Waals surface area (Å²) in [6.07, 6.45) is 2.22. The van der Waals surface area contributed by atoms with Gasteiger partial charge in [0.15, 0.2) is 0 Å². The zero-order valence-electron chi connectivity index (χ0n) is 14.8. The molecule has 24 heavy (non-hydrogen) atoms. The van der Waals surface area contributed by atoms with E-state index in [9.17, 15) is 9.59 Å². The third-order valence-corrected chi connectivity index (χ3v) is 4.31. The maximum Gasteiger partial charge on any atom is 0.251 e. The van der Waals surface area contributed by atoms with Gasteiger partial charge in [0.05, 0.1) is 12.6 Å². The molecule has 0 spiro atoms. The van der Waals surface area contributed by atoms with Gasteiger partial charge in [0.1, 0.15) is 0 Å². The van der Waals surface area contributed by atoms with Gasteiger partial charge in [-0.05, 0) is 30.4 Å². The van der Waals surface area contributed by atoms with Crippen LogP contribution in [0.25, 0.3) is 0 Å². The molecule has 0 aromatic heterocycles. The Bertz CT molecular complexity index is 551. The second-order valence-corrected chi connectivity index (χ2v) is 7.41. The molecule has 1 saturated heterocycles. The first kappa shape index (κ1) is 18.5. The van der Waals surface area contributed by atoms with Crippen LogP contribution in [-0.4, -0.2) is 37.6 Å². The summed E-state index contributed by atoms with van der Waals surface area (Å²) < 4.78 is 5.92. The van der Waals surface area contributed by atoms with E-state index in [2.05, 4.69) is 31.4 Å². The average molecular weight is 332 g/mol. The molecule has 1 aliphatic heterocycles. The maximum atomic E-state index is 12.0. The minimum absolute atomic E-state index is 0.0124. The first-order chi connectivity index (χ1) is 11.4. The summed E-state index contributed by atoms with van der Waals surface area (Å²) in [5.74, 6) is -0.0932. The van der Waals surface area contributed by atoms with Crippen LogP contribution < -0.4 is 10.6 Å². The van der Waals surface area contributed by atoms with Crippen molar-refractivity contribution < 1.29 is 14.3 Å². The molecule has 2 N–H and O–H groups in total. The topological polar surface area (TPSA) is 67.4 Å². The molecule has 0 saturated carbocycles. The molecule has 0 bridgehead atoms. The molecule has 0 radical (unpaired) electrons. The van der Waals surface area contributed by atoms with E-state index >= 15 is 0 Å². The highest BCUT2D eigenvalue weighted by molar-refractivity contribution is 5.96. The highest BCUT2D eigenvalue weighted by Gasteiger charge is 2.35. The SMILES string of the molecule is CC(C)(C)[C@H]1OCCC[C@@H]1CNC(=O)CNC(=O)c1ccccc1. The van der Waals surface area contributed by atoms with E-state index in [1.54, 1.807) is 24.3 Å². The number of ether oxygens (including phenoxy) is 1. The molecule has 1 heterocycles. The lowest BCUT2D eigenvalue weighted by Crippen LogP contribution is -2.46. The molecule has 1 fully saturated rings. The quantitative estimate of drug-likeness (QED) is 0.870. The number of hydrogen-bond acceptors (Lipinski definition) is 3. The molecule has 0 unspecified atom stereocenters. The summed E-state index contributed by atoms with van der Waals surface area (Å²) in [7, 11) is 0. The van der Waals surface area contributed by atoms with Crippen LogP contribution in [0.2, 0.25) is 0 Å². The highest BCUT2D eigenvalue weighted by atomic mass is 16.5. The van der Waals surface area contributed by atoms with E-state index < -0.39 is 0 Å². The van der Waals surface area contributed by atoms with Crippen LogP contribution in [-0.2, 0) is 9.53 Å². The van der Waals surface area contributed by atoms with Crippen molar-refractivity contribution in [2.45, 2.75) is 39.7 Å². The molecule has 132 valence electrons. The number of benzene rings is 1. The summed E-state index contributed by atoms with van der Waals surface area (Å²) in [5, 5.41) is 5.57. The van der Waals surface area contributed by atoms with Gasteiger partial charge in [-0.25, -0.2) is 0 Å². The van der Waals surface area contributed by atoms with Gasteiger partial charge in [0.25, 0.3) is 5.91 Å². The first-order valence-corrected chi connectivity index (χ1v) is 8.59. The van der Waals surface area contributed by atoms with E-state index in [1.807, 2.05) is 6.07 Å². The van der Waals surface area contributed by atoms with Crippen LogP contribution in [0.5, 0.6) is 0 Å². The van der Waals surface area contributed by atoms with Crippen molar-refractivity contribution in [1.29, 1.82) is 0 Å². The zero-order chi connectivity index (χ0) is 17.6. The fourth-order valence-electron chi connectivity index (χ4n) is 3.17. The van der Waals surface area contributed by atoms with Crippen LogP contribution in [0.15, 0.2) is 30.3 Å². The lowest BCUT2D eigenvalue weighted by atomic mass is 9.78. The zero-order valence-corrected chi connectivity index (χ0v) is 14.8. The summed E-state index contributed by atoms with van der Waals surface area (Å²) >= 11 is 0. The van der Waals surface area contributed by atoms with Crippen LogP contribution in [0.1, 0.15) is 44.0 Å². The van der Waals surface area contributed by atoms with E-state index in [-0.39, 0.29) is 29.9 Å². The third kappa shape index (κ3) is 5.34. The third-order valence-electron chi connectivity index (χ3n) is 4.31. The van der Waals surface area contributed by atoms with E-state index in [1.165, 1.54) is 0 Å². The Hall–Kier alpha value is -1.88. The Morgan fingerprint density at radius 3 is 2.54 bits per heavy atom. The lowest BCUT2D eigenvalue weighted by molar-refractivity contribution is -0.122. The Labute approximate surface area is 144 Å². The van der Waals surface area contributed by atoms with Gasteiger partial charge in [0.2, 0.25) is 5.91 Å². The monoisotopic (exact) mass is 332 g/mol. The molecule has 1 aliphatic rings. The Morgan fingerprint density at radius 2 is 1.88 bits per heavy atom. The van der Waals surface area contributed by atoms with Crippen LogP contribution in [0.3, 0.4) is 0 Å². The molecular formula is C19H28N2O3. The van der Waals surface area contributed by atoms with Crippen molar-refractivity contribution >= 4 is 11.8 Å².